The van der Waals surface area contributed by atoms with E-state index in [4.69, 9.17) is 24.2 Å². The Labute approximate surface area is 151 Å². The van der Waals surface area contributed by atoms with Crippen LogP contribution in [0.4, 0.5) is 0 Å². The summed E-state index contributed by atoms with van der Waals surface area (Å²) in [5.41, 5.74) is 1.59. The van der Waals surface area contributed by atoms with E-state index in [2.05, 4.69) is 10.3 Å². The van der Waals surface area contributed by atoms with E-state index < -0.39 is 0 Å². The summed E-state index contributed by atoms with van der Waals surface area (Å²) in [7, 11) is 7.20. The molecular formula is C18H24BClN2O2. The zero-order chi connectivity index (χ0) is 18.5. The average molecular weight is 347 g/mol. The number of ether oxygens (including phenoxy) is 1. The Balaban J connectivity index is 0.00000123. The molecule has 6 heteroatoms. The number of pyridine rings is 1. The molecule has 2 aromatic rings. The summed E-state index contributed by atoms with van der Waals surface area (Å²) in [5.74, 6) is 0.367. The van der Waals surface area contributed by atoms with Gasteiger partial charge in [-0.15, -0.1) is 0 Å². The first-order chi connectivity index (χ1) is 11.6. The number of hydrogen-bond acceptors (Lipinski definition) is 3. The number of benzene rings is 1. The van der Waals surface area contributed by atoms with E-state index in [-0.39, 0.29) is 18.2 Å². The molecule has 0 unspecified atom stereocenters. The van der Waals surface area contributed by atoms with Gasteiger partial charge in [-0.25, -0.2) is 0 Å². The van der Waals surface area contributed by atoms with Gasteiger partial charge in [-0.2, -0.15) is 0 Å². The minimum Gasteiger partial charge on any atom is -0.489 e. The van der Waals surface area contributed by atoms with Crippen LogP contribution in [-0.4, -0.2) is 25.8 Å². The molecule has 0 aliphatic heterocycles. The van der Waals surface area contributed by atoms with Crippen molar-refractivity contribution in [3.05, 3.63) is 52.8 Å². The van der Waals surface area contributed by atoms with Gasteiger partial charge in [-0.1, -0.05) is 56.9 Å². The molecule has 1 amide bonds. The van der Waals surface area contributed by atoms with Crippen molar-refractivity contribution in [1.29, 1.82) is 0 Å². The summed E-state index contributed by atoms with van der Waals surface area (Å²) in [6, 6.07) is 8.62. The van der Waals surface area contributed by atoms with Crippen LogP contribution >= 0.6 is 11.6 Å². The monoisotopic (exact) mass is 346 g/mol. The van der Waals surface area contributed by atoms with Gasteiger partial charge in [0.25, 0.3) is 5.91 Å². The van der Waals surface area contributed by atoms with Crippen LogP contribution in [0.5, 0.6) is 5.75 Å². The van der Waals surface area contributed by atoms with Crippen molar-refractivity contribution in [2.45, 2.75) is 34.3 Å². The lowest BCUT2D eigenvalue weighted by atomic mass is 9.96. The van der Waals surface area contributed by atoms with E-state index in [1.54, 1.807) is 24.3 Å². The first kappa shape index (κ1) is 22.0. The molecule has 0 atom stereocenters. The molecule has 0 saturated heterocycles. The predicted molar refractivity (Wildman–Crippen MR) is 101 cm³/mol. The molecule has 1 aromatic heterocycles. The van der Waals surface area contributed by atoms with Gasteiger partial charge in [0.2, 0.25) is 0 Å². The van der Waals surface area contributed by atoms with E-state index >= 15 is 0 Å². The quantitative estimate of drug-likeness (QED) is 0.862. The van der Waals surface area contributed by atoms with Crippen molar-refractivity contribution in [2.24, 2.45) is 0 Å². The van der Waals surface area contributed by atoms with E-state index in [0.717, 1.165) is 0 Å². The van der Waals surface area contributed by atoms with E-state index in [1.807, 2.05) is 27.7 Å². The first-order valence-electron chi connectivity index (χ1n) is 7.95. The van der Waals surface area contributed by atoms with Gasteiger partial charge in [0, 0.05) is 18.8 Å². The van der Waals surface area contributed by atoms with Gasteiger partial charge in [0.05, 0.1) is 5.02 Å². The fourth-order valence-corrected chi connectivity index (χ4v) is 1.79. The van der Waals surface area contributed by atoms with Gasteiger partial charge in [0.1, 0.15) is 25.9 Å². The Hall–Kier alpha value is -2.01. The first-order valence-corrected chi connectivity index (χ1v) is 8.33. The summed E-state index contributed by atoms with van der Waals surface area (Å²) in [6.07, 6.45) is 1.53. The van der Waals surface area contributed by atoms with E-state index in [9.17, 15) is 4.79 Å². The predicted octanol–water partition coefficient (Wildman–Crippen LogP) is 3.52. The minimum absolute atomic E-state index is 0.253. The van der Waals surface area contributed by atoms with Crippen LogP contribution in [0.15, 0.2) is 36.5 Å². The highest BCUT2D eigenvalue weighted by atomic mass is 35.5. The van der Waals surface area contributed by atoms with Gasteiger partial charge < -0.3 is 10.1 Å². The number of nitrogens with zero attached hydrogens (tertiary/aromatic N) is 1. The Bertz CT molecular complexity index is 636. The van der Waals surface area contributed by atoms with Crippen molar-refractivity contribution < 1.29 is 9.53 Å². The van der Waals surface area contributed by atoms with Crippen LogP contribution in [0.25, 0.3) is 0 Å². The van der Waals surface area contributed by atoms with Crippen molar-refractivity contribution in [3.63, 3.8) is 0 Å². The lowest BCUT2D eigenvalue weighted by Crippen LogP contribution is -2.19. The molecule has 24 heavy (non-hydrogen) atoms. The highest BCUT2D eigenvalue weighted by Gasteiger charge is 2.09. The molecule has 0 saturated carbocycles. The summed E-state index contributed by atoms with van der Waals surface area (Å²) in [4.78, 5) is 15.5. The summed E-state index contributed by atoms with van der Waals surface area (Å²) in [5, 5.41) is 2.92. The van der Waals surface area contributed by atoms with Gasteiger partial charge >= 0.3 is 0 Å². The fourth-order valence-electron chi connectivity index (χ4n) is 1.58. The maximum absolute atomic E-state index is 11.4. The zero-order valence-corrected chi connectivity index (χ0v) is 15.6. The maximum atomic E-state index is 11.4. The molecule has 1 aromatic carbocycles. The number of amides is 1. The lowest BCUT2D eigenvalue weighted by molar-refractivity contribution is 0.0958. The van der Waals surface area contributed by atoms with Crippen molar-refractivity contribution in [1.82, 2.24) is 10.3 Å². The van der Waals surface area contributed by atoms with Crippen LogP contribution in [0.2, 0.25) is 5.02 Å². The number of aromatic nitrogens is 1. The maximum Gasteiger partial charge on any atom is 0.269 e. The second-order valence-electron chi connectivity index (χ2n) is 4.10. The Morgan fingerprint density at radius 1 is 1.25 bits per heavy atom. The minimum atomic E-state index is -0.282. The molecule has 0 fully saturated rings. The van der Waals surface area contributed by atoms with Crippen LogP contribution in [-0.2, 0) is 6.61 Å². The molecule has 4 nitrogen and oxygen atoms in total. The third kappa shape index (κ3) is 7.05. The molecule has 1 heterocycles. The van der Waals surface area contributed by atoms with Crippen LogP contribution in [0.3, 0.4) is 0 Å². The normalized spacial score (nSPS) is 8.92. The average Bonchev–Trinajstić information content (AvgIpc) is 2.63. The Morgan fingerprint density at radius 2 is 1.92 bits per heavy atom. The third-order valence-electron chi connectivity index (χ3n) is 2.64. The summed E-state index contributed by atoms with van der Waals surface area (Å²) >= 11 is 6.10. The smallest absolute Gasteiger partial charge is 0.269 e. The van der Waals surface area contributed by atoms with Gasteiger partial charge in [-0.05, 0) is 18.2 Å². The van der Waals surface area contributed by atoms with Crippen LogP contribution < -0.4 is 15.5 Å². The summed E-state index contributed by atoms with van der Waals surface area (Å²) in [6.45, 7) is 8.25. The number of hydrogen-bond donors (Lipinski definition) is 1. The van der Waals surface area contributed by atoms with Crippen LogP contribution in [0, 0.1) is 0 Å². The second-order valence-corrected chi connectivity index (χ2v) is 4.51. The molecule has 128 valence electrons. The Morgan fingerprint density at radius 3 is 2.46 bits per heavy atom. The molecule has 0 aliphatic carbocycles. The second kappa shape index (κ2) is 12.4. The molecule has 0 spiro atoms. The number of carbonyl (C=O) groups excluding carboxylic acids is 1. The number of halogens is 1. The SMILES string of the molecule is CC.CC.[B]c1cccc(OCc2cnc(C(=O)NC)cc2Cl)c1. The summed E-state index contributed by atoms with van der Waals surface area (Å²) < 4.78 is 5.58. The van der Waals surface area contributed by atoms with Crippen molar-refractivity contribution in [3.8, 4) is 5.75 Å². The number of nitrogens with one attached hydrogen (secondary N) is 1. The molecule has 0 aliphatic rings. The van der Waals surface area contributed by atoms with Crippen molar-refractivity contribution >= 4 is 30.8 Å². The van der Waals surface area contributed by atoms with Crippen molar-refractivity contribution in [2.75, 3.05) is 7.05 Å². The molecule has 2 radical (unpaired) electrons. The van der Waals surface area contributed by atoms with Gasteiger partial charge in [0.15, 0.2) is 0 Å². The molecule has 2 rings (SSSR count). The fraction of sp³-hybridized carbons (Fsp3) is 0.333. The van der Waals surface area contributed by atoms with Gasteiger partial charge in [-0.3, -0.25) is 9.78 Å². The number of carbonyl (C=O) groups is 1. The Kier molecular flexibility index (Phi) is 11.4. The van der Waals surface area contributed by atoms with E-state index in [0.29, 0.717) is 21.8 Å². The highest BCUT2D eigenvalue weighted by molar-refractivity contribution is 6.32. The standard InChI is InChI=1S/C14H12BClN2O2.2C2H6/c1-17-14(19)13-6-12(16)9(7-18-13)8-20-11-4-2-3-10(15)5-11;2*1-2/h2-7H,8H2,1H3,(H,17,19);2*1-2H3. The number of rotatable bonds is 4. The topological polar surface area (TPSA) is 51.2 Å². The molecule has 1 N–H and O–H groups in total. The zero-order valence-electron chi connectivity index (χ0n) is 14.9. The van der Waals surface area contributed by atoms with E-state index in [1.165, 1.54) is 19.3 Å². The van der Waals surface area contributed by atoms with Crippen LogP contribution in [0.1, 0.15) is 43.7 Å². The largest absolute Gasteiger partial charge is 0.489 e. The third-order valence-corrected chi connectivity index (χ3v) is 2.99. The molecule has 0 bridgehead atoms. The molecular weight excluding hydrogens is 322 g/mol. The highest BCUT2D eigenvalue weighted by Crippen LogP contribution is 2.18. The lowest BCUT2D eigenvalue weighted by Gasteiger charge is -2.09.